The Labute approximate surface area is 91.0 Å². The summed E-state index contributed by atoms with van der Waals surface area (Å²) in [6, 6.07) is 0. The lowest BCUT2D eigenvalue weighted by Gasteiger charge is -2.36. The van der Waals surface area contributed by atoms with Crippen LogP contribution in [0.4, 0.5) is 0 Å². The van der Waals surface area contributed by atoms with Crippen LogP contribution in [0.15, 0.2) is 0 Å². The Hall–Kier alpha value is 0.170. The molecule has 0 radical (unpaired) electrons. The molecule has 1 heterocycles. The van der Waals surface area contributed by atoms with E-state index in [1.165, 1.54) is 0 Å². The van der Waals surface area contributed by atoms with Gasteiger partial charge >= 0.3 is 0 Å². The number of methoxy groups -OCH3 is 1. The zero-order valence-corrected chi connectivity index (χ0v) is 9.70. The molecule has 1 N–H and O–H groups in total. The van der Waals surface area contributed by atoms with Crippen LogP contribution in [0.2, 0.25) is 0 Å². The second-order valence-corrected chi connectivity index (χ2v) is 4.42. The van der Waals surface area contributed by atoms with Crippen molar-refractivity contribution in [3.8, 4) is 0 Å². The number of alkyl halides is 1. The summed E-state index contributed by atoms with van der Waals surface area (Å²) in [4.78, 5) is 2.22. The van der Waals surface area contributed by atoms with Crippen molar-refractivity contribution in [1.29, 1.82) is 0 Å². The lowest BCUT2D eigenvalue weighted by molar-refractivity contribution is -0.0155. The van der Waals surface area contributed by atoms with Crippen LogP contribution in [0, 0.1) is 5.92 Å². The lowest BCUT2D eigenvalue weighted by Crippen LogP contribution is -2.46. The van der Waals surface area contributed by atoms with E-state index in [0.29, 0.717) is 24.4 Å². The first kappa shape index (κ1) is 12.2. The van der Waals surface area contributed by atoms with Crippen LogP contribution in [0.3, 0.4) is 0 Å². The van der Waals surface area contributed by atoms with Crippen molar-refractivity contribution in [2.45, 2.75) is 25.6 Å². The molecule has 0 aromatic rings. The quantitative estimate of drug-likeness (QED) is 0.718. The molecular formula is C10H20ClNO2. The predicted molar refractivity (Wildman–Crippen MR) is 57.7 cm³/mol. The van der Waals surface area contributed by atoms with Gasteiger partial charge in [0.1, 0.15) is 0 Å². The molecule has 0 aliphatic carbocycles. The predicted octanol–water partition coefficient (Wildman–Crippen LogP) is 0.943. The van der Waals surface area contributed by atoms with Gasteiger partial charge in [0.05, 0.1) is 12.2 Å². The molecule has 1 saturated heterocycles. The van der Waals surface area contributed by atoms with Gasteiger partial charge in [0.25, 0.3) is 0 Å². The minimum atomic E-state index is -0.414. The Morgan fingerprint density at radius 2 is 2.36 bits per heavy atom. The number of aliphatic hydroxyl groups is 1. The first-order valence-corrected chi connectivity index (χ1v) is 5.70. The van der Waals surface area contributed by atoms with Crippen molar-refractivity contribution in [1.82, 2.24) is 4.90 Å². The molecule has 0 amide bonds. The third-order valence-electron chi connectivity index (χ3n) is 2.92. The average molecular weight is 222 g/mol. The lowest BCUT2D eigenvalue weighted by atomic mass is 9.96. The van der Waals surface area contributed by atoms with E-state index in [0.717, 1.165) is 19.5 Å². The molecule has 1 aliphatic heterocycles. The molecule has 14 heavy (non-hydrogen) atoms. The smallest absolute Gasteiger partial charge is 0.0802 e. The van der Waals surface area contributed by atoms with E-state index in [1.807, 2.05) is 0 Å². The third kappa shape index (κ3) is 3.39. The van der Waals surface area contributed by atoms with Crippen molar-refractivity contribution < 1.29 is 9.84 Å². The van der Waals surface area contributed by atoms with Gasteiger partial charge in [0.2, 0.25) is 0 Å². The van der Waals surface area contributed by atoms with Crippen LogP contribution in [-0.4, -0.2) is 54.8 Å². The molecule has 1 rings (SSSR count). The number of nitrogens with zero attached hydrogens (tertiary/aromatic N) is 1. The highest BCUT2D eigenvalue weighted by atomic mass is 35.5. The molecule has 1 fully saturated rings. The SMILES string of the molecule is COC1CN(CC(O)CCl)CCC1C. The fourth-order valence-corrected chi connectivity index (χ4v) is 2.01. The van der Waals surface area contributed by atoms with Gasteiger partial charge < -0.3 is 9.84 Å². The van der Waals surface area contributed by atoms with Gasteiger partial charge in [0.15, 0.2) is 0 Å². The second kappa shape index (κ2) is 5.91. The van der Waals surface area contributed by atoms with E-state index in [2.05, 4.69) is 11.8 Å². The Morgan fingerprint density at radius 3 is 2.93 bits per heavy atom. The van der Waals surface area contributed by atoms with Crippen molar-refractivity contribution in [2.24, 2.45) is 5.92 Å². The topological polar surface area (TPSA) is 32.7 Å². The Bertz CT molecular complexity index is 168. The molecule has 4 heteroatoms. The average Bonchev–Trinajstić information content (AvgIpc) is 2.20. The van der Waals surface area contributed by atoms with Crippen molar-refractivity contribution >= 4 is 11.6 Å². The van der Waals surface area contributed by atoms with Gasteiger partial charge in [-0.2, -0.15) is 0 Å². The van der Waals surface area contributed by atoms with E-state index < -0.39 is 6.10 Å². The molecule has 0 saturated carbocycles. The normalized spacial score (nSPS) is 31.7. The maximum absolute atomic E-state index is 9.42. The monoisotopic (exact) mass is 221 g/mol. The molecule has 0 spiro atoms. The highest BCUT2D eigenvalue weighted by Gasteiger charge is 2.26. The summed E-state index contributed by atoms with van der Waals surface area (Å²) in [7, 11) is 1.75. The van der Waals surface area contributed by atoms with Gasteiger partial charge in [-0.05, 0) is 18.9 Å². The van der Waals surface area contributed by atoms with Crippen LogP contribution in [0.25, 0.3) is 0 Å². The maximum Gasteiger partial charge on any atom is 0.0802 e. The van der Waals surface area contributed by atoms with Gasteiger partial charge in [-0.3, -0.25) is 4.90 Å². The number of ether oxygens (including phenoxy) is 1. The molecular weight excluding hydrogens is 202 g/mol. The summed E-state index contributed by atoms with van der Waals surface area (Å²) < 4.78 is 5.39. The van der Waals surface area contributed by atoms with Crippen LogP contribution in [-0.2, 0) is 4.74 Å². The zero-order valence-electron chi connectivity index (χ0n) is 8.95. The summed E-state index contributed by atoms with van der Waals surface area (Å²) in [5.41, 5.74) is 0. The molecule has 84 valence electrons. The number of hydrogen-bond donors (Lipinski definition) is 1. The molecule has 3 atom stereocenters. The van der Waals surface area contributed by atoms with Gasteiger partial charge in [-0.25, -0.2) is 0 Å². The molecule has 0 bridgehead atoms. The Morgan fingerprint density at radius 1 is 1.64 bits per heavy atom. The standard InChI is InChI=1S/C10H20ClNO2/c1-8-3-4-12(6-9(13)5-11)7-10(8)14-2/h8-10,13H,3-7H2,1-2H3. The van der Waals surface area contributed by atoms with Crippen LogP contribution in [0.5, 0.6) is 0 Å². The first-order chi connectivity index (χ1) is 6.67. The number of halogens is 1. The minimum Gasteiger partial charge on any atom is -0.391 e. The van der Waals surface area contributed by atoms with Gasteiger partial charge in [-0.15, -0.1) is 11.6 Å². The number of aliphatic hydroxyl groups excluding tert-OH is 1. The van der Waals surface area contributed by atoms with Crippen LogP contribution in [0.1, 0.15) is 13.3 Å². The van der Waals surface area contributed by atoms with Crippen LogP contribution >= 0.6 is 11.6 Å². The third-order valence-corrected chi connectivity index (χ3v) is 3.28. The van der Waals surface area contributed by atoms with Gasteiger partial charge in [-0.1, -0.05) is 6.92 Å². The van der Waals surface area contributed by atoms with Gasteiger partial charge in [0, 0.05) is 26.1 Å². The van der Waals surface area contributed by atoms with Crippen molar-refractivity contribution in [3.63, 3.8) is 0 Å². The molecule has 0 aromatic carbocycles. The fourth-order valence-electron chi connectivity index (χ4n) is 1.92. The maximum atomic E-state index is 9.42. The number of hydrogen-bond acceptors (Lipinski definition) is 3. The molecule has 1 aliphatic rings. The highest BCUT2D eigenvalue weighted by Crippen LogP contribution is 2.19. The Kier molecular flexibility index (Phi) is 5.17. The summed E-state index contributed by atoms with van der Waals surface area (Å²) in [6.45, 7) is 4.82. The van der Waals surface area contributed by atoms with Crippen LogP contribution < -0.4 is 0 Å². The number of likely N-dealkylation sites (tertiary alicyclic amines) is 1. The molecule has 0 aromatic heterocycles. The number of piperidine rings is 1. The number of β-amino-alcohol motifs (C(OH)–C–C–N with tert-alkyl or cyclic N) is 1. The summed E-state index contributed by atoms with van der Waals surface area (Å²) >= 11 is 5.56. The first-order valence-electron chi connectivity index (χ1n) is 5.16. The zero-order chi connectivity index (χ0) is 10.6. The molecule has 3 nitrogen and oxygen atoms in total. The van der Waals surface area contributed by atoms with E-state index in [-0.39, 0.29) is 0 Å². The van der Waals surface area contributed by atoms with Crippen molar-refractivity contribution in [3.05, 3.63) is 0 Å². The fraction of sp³-hybridized carbons (Fsp3) is 1.00. The summed E-state index contributed by atoms with van der Waals surface area (Å²) in [6.07, 6.45) is 1.02. The largest absolute Gasteiger partial charge is 0.391 e. The van der Waals surface area contributed by atoms with Crippen molar-refractivity contribution in [2.75, 3.05) is 32.6 Å². The van der Waals surface area contributed by atoms with E-state index in [4.69, 9.17) is 16.3 Å². The van der Waals surface area contributed by atoms with E-state index >= 15 is 0 Å². The van der Waals surface area contributed by atoms with E-state index in [1.54, 1.807) is 7.11 Å². The minimum absolute atomic E-state index is 0.297. The summed E-state index contributed by atoms with van der Waals surface area (Å²) in [5, 5.41) is 9.42. The second-order valence-electron chi connectivity index (χ2n) is 4.11. The van der Waals surface area contributed by atoms with E-state index in [9.17, 15) is 5.11 Å². The number of rotatable bonds is 4. The summed E-state index contributed by atoms with van der Waals surface area (Å²) in [5.74, 6) is 0.924. The Balaban J connectivity index is 2.34. The highest BCUT2D eigenvalue weighted by molar-refractivity contribution is 6.18. The molecule has 3 unspecified atom stereocenters.